The van der Waals surface area contributed by atoms with Crippen LogP contribution in [-0.2, 0) is 28.6 Å². The zero-order valence-corrected chi connectivity index (χ0v) is 47.6. The summed E-state index contributed by atoms with van der Waals surface area (Å²) in [6, 6.07) is 0. The van der Waals surface area contributed by atoms with Gasteiger partial charge in [-0.25, -0.2) is 0 Å². The minimum Gasteiger partial charge on any atom is -0.462 e. The maximum atomic E-state index is 12.8. The van der Waals surface area contributed by atoms with Gasteiger partial charge >= 0.3 is 17.9 Å². The summed E-state index contributed by atoms with van der Waals surface area (Å²) < 4.78 is 16.8. The van der Waals surface area contributed by atoms with E-state index < -0.39 is 12.1 Å². The Bertz CT molecular complexity index is 1490. The zero-order valence-electron chi connectivity index (χ0n) is 47.6. The summed E-state index contributed by atoms with van der Waals surface area (Å²) >= 11 is 0. The van der Waals surface area contributed by atoms with E-state index in [9.17, 15) is 14.4 Å². The van der Waals surface area contributed by atoms with Gasteiger partial charge in [-0.2, -0.15) is 0 Å². The van der Waals surface area contributed by atoms with Crippen molar-refractivity contribution in [3.8, 4) is 0 Å². The van der Waals surface area contributed by atoms with Gasteiger partial charge in [0, 0.05) is 19.3 Å². The van der Waals surface area contributed by atoms with Gasteiger partial charge in [-0.1, -0.05) is 271 Å². The highest BCUT2D eigenvalue weighted by Crippen LogP contribution is 2.16. The molecule has 0 bridgehead atoms. The molecule has 0 aromatic heterocycles. The van der Waals surface area contributed by atoms with Crippen LogP contribution in [0, 0.1) is 0 Å². The first kappa shape index (κ1) is 69.1. The summed E-state index contributed by atoms with van der Waals surface area (Å²) in [6.45, 7) is 6.42. The van der Waals surface area contributed by atoms with E-state index in [1.807, 2.05) is 6.08 Å². The maximum Gasteiger partial charge on any atom is 0.306 e. The van der Waals surface area contributed by atoms with Crippen LogP contribution in [0.15, 0.2) is 109 Å². The molecule has 0 aliphatic carbocycles. The summed E-state index contributed by atoms with van der Waals surface area (Å²) in [7, 11) is 0. The topological polar surface area (TPSA) is 78.9 Å². The number of unbranched alkanes of at least 4 members (excludes halogenated alkanes) is 25. The highest BCUT2D eigenvalue weighted by atomic mass is 16.6. The first-order valence-electron chi connectivity index (χ1n) is 30.4. The molecular weight excluding hydrogens is 901 g/mol. The highest BCUT2D eigenvalue weighted by Gasteiger charge is 2.19. The monoisotopic (exact) mass is 1010 g/mol. The molecule has 0 fully saturated rings. The molecule has 0 aliphatic rings. The Balaban J connectivity index is 4.50. The molecule has 0 amide bonds. The van der Waals surface area contributed by atoms with E-state index in [0.717, 1.165) is 83.5 Å². The summed E-state index contributed by atoms with van der Waals surface area (Å²) in [5.41, 5.74) is 0. The van der Waals surface area contributed by atoms with E-state index in [-0.39, 0.29) is 38.0 Å². The van der Waals surface area contributed by atoms with Gasteiger partial charge in [0.15, 0.2) is 6.10 Å². The molecule has 0 N–H and O–H groups in total. The lowest BCUT2D eigenvalue weighted by Gasteiger charge is -2.18. The van der Waals surface area contributed by atoms with Crippen molar-refractivity contribution in [2.45, 2.75) is 284 Å². The molecule has 0 unspecified atom stereocenters. The summed E-state index contributed by atoms with van der Waals surface area (Å²) in [5, 5.41) is 0. The van der Waals surface area contributed by atoms with Crippen molar-refractivity contribution < 1.29 is 28.6 Å². The fraction of sp³-hybridized carbons (Fsp3) is 0.687. The van der Waals surface area contributed by atoms with E-state index in [2.05, 4.69) is 124 Å². The van der Waals surface area contributed by atoms with Crippen LogP contribution in [0.25, 0.3) is 0 Å². The Morgan fingerprint density at radius 1 is 0.288 bits per heavy atom. The van der Waals surface area contributed by atoms with Gasteiger partial charge in [0.25, 0.3) is 0 Å². The Kier molecular flexibility index (Phi) is 57.4. The van der Waals surface area contributed by atoms with E-state index in [1.54, 1.807) is 0 Å². The Morgan fingerprint density at radius 2 is 0.562 bits per heavy atom. The molecule has 1 atom stereocenters. The second-order valence-electron chi connectivity index (χ2n) is 19.9. The van der Waals surface area contributed by atoms with Crippen molar-refractivity contribution in [1.29, 1.82) is 0 Å². The predicted octanol–water partition coefficient (Wildman–Crippen LogP) is 20.7. The largest absolute Gasteiger partial charge is 0.462 e. The number of carbonyl (C=O) groups is 3. The number of ether oxygens (including phenoxy) is 3. The molecule has 0 aromatic rings. The Labute approximate surface area is 450 Å². The van der Waals surface area contributed by atoms with Crippen molar-refractivity contribution >= 4 is 17.9 Å². The van der Waals surface area contributed by atoms with Crippen LogP contribution in [0.3, 0.4) is 0 Å². The lowest BCUT2D eigenvalue weighted by Crippen LogP contribution is -2.30. The predicted molar refractivity (Wildman–Crippen MR) is 316 cm³/mol. The number of allylic oxidation sites excluding steroid dienone is 18. The van der Waals surface area contributed by atoms with Crippen LogP contribution in [0.1, 0.15) is 278 Å². The van der Waals surface area contributed by atoms with E-state index >= 15 is 0 Å². The van der Waals surface area contributed by atoms with Crippen molar-refractivity contribution in [2.24, 2.45) is 0 Å². The Hall–Kier alpha value is -3.93. The second-order valence-corrected chi connectivity index (χ2v) is 19.9. The van der Waals surface area contributed by atoms with Crippen LogP contribution in [0.5, 0.6) is 0 Å². The third-order valence-corrected chi connectivity index (χ3v) is 12.8. The van der Waals surface area contributed by atoms with Gasteiger partial charge in [-0.05, 0) is 96.3 Å². The number of hydrogen-bond acceptors (Lipinski definition) is 6. The van der Waals surface area contributed by atoms with Crippen molar-refractivity contribution in [2.75, 3.05) is 13.2 Å². The quantitative estimate of drug-likeness (QED) is 0.0261. The van der Waals surface area contributed by atoms with Gasteiger partial charge in [0.05, 0.1) is 0 Å². The van der Waals surface area contributed by atoms with Crippen LogP contribution < -0.4 is 0 Å². The van der Waals surface area contributed by atoms with Crippen molar-refractivity contribution in [1.82, 2.24) is 0 Å². The van der Waals surface area contributed by atoms with E-state index in [4.69, 9.17) is 14.2 Å². The number of carbonyl (C=O) groups excluding carboxylic acids is 3. The molecule has 416 valence electrons. The molecule has 6 nitrogen and oxygen atoms in total. The molecule has 0 saturated heterocycles. The highest BCUT2D eigenvalue weighted by molar-refractivity contribution is 5.71. The molecule has 0 saturated carbocycles. The molecule has 0 aromatic carbocycles. The molecule has 0 radical (unpaired) electrons. The smallest absolute Gasteiger partial charge is 0.306 e. The Morgan fingerprint density at radius 3 is 0.918 bits per heavy atom. The van der Waals surface area contributed by atoms with Gasteiger partial charge in [0.1, 0.15) is 13.2 Å². The van der Waals surface area contributed by atoms with Gasteiger partial charge in [-0.15, -0.1) is 0 Å². The lowest BCUT2D eigenvalue weighted by molar-refractivity contribution is -0.166. The van der Waals surface area contributed by atoms with Crippen LogP contribution in [-0.4, -0.2) is 37.2 Å². The molecule has 0 spiro atoms. The fourth-order valence-electron chi connectivity index (χ4n) is 8.24. The number of esters is 3. The molecule has 6 heteroatoms. The molecule has 0 aliphatic heterocycles. The van der Waals surface area contributed by atoms with Crippen LogP contribution in [0.2, 0.25) is 0 Å². The second kappa shape index (κ2) is 60.6. The fourth-order valence-corrected chi connectivity index (χ4v) is 8.24. The summed E-state index contributed by atoms with van der Waals surface area (Å²) in [5.74, 6) is -1.04. The molecule has 0 rings (SSSR count). The first-order chi connectivity index (χ1) is 36.0. The molecule has 0 heterocycles. The number of hydrogen-bond donors (Lipinski definition) is 0. The molecular formula is C67H112O6. The normalized spacial score (nSPS) is 12.9. The van der Waals surface area contributed by atoms with Gasteiger partial charge in [-0.3, -0.25) is 14.4 Å². The van der Waals surface area contributed by atoms with Crippen molar-refractivity contribution in [3.05, 3.63) is 109 Å². The average Bonchev–Trinajstić information content (AvgIpc) is 3.39. The minimum atomic E-state index is -0.836. The third-order valence-electron chi connectivity index (χ3n) is 12.8. The van der Waals surface area contributed by atoms with Crippen LogP contribution >= 0.6 is 0 Å². The van der Waals surface area contributed by atoms with Crippen LogP contribution in [0.4, 0.5) is 0 Å². The SMILES string of the molecule is CC/C=C\C/C=C\C/C=C\C/C=C\CCCCC(=O)OC[C@H](COC(=O)CCCCCCCCCCCCCCCCCCCCCCC)OC(=O)CC/C=C\C/C=C\C/C=C\C/C=C\C/C=C\CCCCC. The minimum absolute atomic E-state index is 0.120. The average molecular weight is 1010 g/mol. The van der Waals surface area contributed by atoms with E-state index in [1.165, 1.54) is 141 Å². The standard InChI is InChI=1S/C67H112O6/c1-4-7-10-13-16-19-22-25-28-30-32-33-35-36-39-42-45-48-51-54-57-60-66(69)72-63-64(62-71-65(68)59-56-53-50-47-44-41-38-27-24-21-18-15-12-9-6-3)73-67(70)61-58-55-52-49-46-43-40-37-34-31-29-26-23-20-17-14-11-8-5-2/h9,12,17-18,20-21,26-27,29,34,37-38,43-44,46-47,52,55,64H,4-8,10-11,13-16,19,22-25,28,30-33,35-36,39-42,45,48-51,53-54,56-63H2,1-3H3/b12-9-,20-17-,21-18-,29-26-,37-34-,38-27-,46-43-,47-44-,55-52-/t64-/m1/s1. The third kappa shape index (κ3) is 58.8. The van der Waals surface area contributed by atoms with Crippen molar-refractivity contribution in [3.63, 3.8) is 0 Å². The maximum absolute atomic E-state index is 12.8. The van der Waals surface area contributed by atoms with Gasteiger partial charge < -0.3 is 14.2 Å². The summed E-state index contributed by atoms with van der Waals surface area (Å²) in [6.07, 6.45) is 82.5. The zero-order chi connectivity index (χ0) is 52.9. The van der Waals surface area contributed by atoms with Gasteiger partial charge in [0.2, 0.25) is 0 Å². The summed E-state index contributed by atoms with van der Waals surface area (Å²) in [4.78, 5) is 38.2. The van der Waals surface area contributed by atoms with E-state index in [0.29, 0.717) is 19.3 Å². The first-order valence-corrected chi connectivity index (χ1v) is 30.4. The lowest BCUT2D eigenvalue weighted by atomic mass is 10.0. The number of rotatable bonds is 54. The molecule has 73 heavy (non-hydrogen) atoms.